The molecule has 0 spiro atoms. The van der Waals surface area contributed by atoms with Crippen LogP contribution < -0.4 is 19.1 Å². The van der Waals surface area contributed by atoms with Crippen molar-refractivity contribution < 1.29 is 22.7 Å². The van der Waals surface area contributed by atoms with Crippen molar-refractivity contribution in [1.82, 2.24) is 5.32 Å². The molecule has 2 aromatic rings. The molecule has 1 N–H and O–H groups in total. The fourth-order valence-corrected chi connectivity index (χ4v) is 3.94. The van der Waals surface area contributed by atoms with Crippen molar-refractivity contribution in [2.45, 2.75) is 13.0 Å². The number of hydrogen-bond donors (Lipinski definition) is 1. The van der Waals surface area contributed by atoms with Crippen molar-refractivity contribution in [2.24, 2.45) is 0 Å². The van der Waals surface area contributed by atoms with Crippen LogP contribution in [-0.4, -0.2) is 46.9 Å². The van der Waals surface area contributed by atoms with Crippen molar-refractivity contribution in [3.8, 4) is 11.5 Å². The number of ether oxygens (including phenoxy) is 2. The van der Waals surface area contributed by atoms with Crippen LogP contribution >= 0.6 is 11.6 Å². The number of sulfonamides is 1. The molecule has 0 heterocycles. The minimum atomic E-state index is -3.69. The monoisotopic (exact) mass is 426 g/mol. The lowest BCUT2D eigenvalue weighted by Gasteiger charge is -2.28. The van der Waals surface area contributed by atoms with Crippen molar-refractivity contribution in [1.29, 1.82) is 0 Å². The predicted molar refractivity (Wildman–Crippen MR) is 110 cm³/mol. The lowest BCUT2D eigenvalue weighted by molar-refractivity contribution is -0.121. The number of rotatable bonds is 9. The molecule has 1 atom stereocenters. The van der Waals surface area contributed by atoms with Crippen molar-refractivity contribution in [3.05, 3.63) is 53.6 Å². The summed E-state index contributed by atoms with van der Waals surface area (Å²) < 4.78 is 36.1. The van der Waals surface area contributed by atoms with Gasteiger partial charge in [-0.05, 0) is 49.4 Å². The van der Waals surface area contributed by atoms with Crippen molar-refractivity contribution in [2.75, 3.05) is 30.8 Å². The molecule has 1 amide bonds. The van der Waals surface area contributed by atoms with Gasteiger partial charge in [0.25, 0.3) is 0 Å². The molecule has 2 rings (SSSR count). The van der Waals surface area contributed by atoms with Gasteiger partial charge in [-0.15, -0.1) is 0 Å². The maximum absolute atomic E-state index is 12.5. The SMILES string of the molecule is COc1ccc(OCCNC(=O)[C@@H](C)N(c2cccc(Cl)c2)S(C)(=O)=O)cc1. The standard InChI is InChI=1S/C19H23ClN2O5S/c1-14(22(28(3,24)25)16-6-4-5-15(20)13-16)19(23)21-11-12-27-18-9-7-17(26-2)8-10-18/h4-10,13-14H,11-12H2,1-3H3,(H,21,23)/t14-/m1/s1. The molecule has 0 aromatic heterocycles. The zero-order valence-corrected chi connectivity index (χ0v) is 17.5. The Morgan fingerprint density at radius 2 is 1.82 bits per heavy atom. The number of halogens is 1. The molecule has 0 saturated heterocycles. The highest BCUT2D eigenvalue weighted by Crippen LogP contribution is 2.24. The highest BCUT2D eigenvalue weighted by molar-refractivity contribution is 7.92. The molecule has 0 saturated carbocycles. The van der Waals surface area contributed by atoms with E-state index in [2.05, 4.69) is 5.32 Å². The topological polar surface area (TPSA) is 84.9 Å². The Hall–Kier alpha value is -2.45. The Kier molecular flexibility index (Phi) is 7.53. The molecule has 2 aromatic carbocycles. The molecule has 152 valence electrons. The van der Waals surface area contributed by atoms with E-state index in [4.69, 9.17) is 21.1 Å². The highest BCUT2D eigenvalue weighted by atomic mass is 35.5. The first-order valence-electron chi connectivity index (χ1n) is 8.52. The molecule has 0 bridgehead atoms. The first-order valence-corrected chi connectivity index (χ1v) is 10.7. The number of nitrogens with one attached hydrogen (secondary N) is 1. The van der Waals surface area contributed by atoms with Crippen LogP contribution in [0.5, 0.6) is 11.5 Å². The fourth-order valence-electron chi connectivity index (χ4n) is 2.58. The van der Waals surface area contributed by atoms with E-state index in [1.807, 2.05) is 0 Å². The normalized spacial score (nSPS) is 12.1. The van der Waals surface area contributed by atoms with Crippen LogP contribution in [0.25, 0.3) is 0 Å². The van der Waals surface area contributed by atoms with Gasteiger partial charge in [0.1, 0.15) is 24.1 Å². The summed E-state index contributed by atoms with van der Waals surface area (Å²) in [5.41, 5.74) is 0.326. The Balaban J connectivity index is 1.95. The third-order valence-corrected chi connectivity index (χ3v) is 5.36. The molecule has 28 heavy (non-hydrogen) atoms. The molecule has 0 radical (unpaired) electrons. The van der Waals surface area contributed by atoms with Gasteiger partial charge in [-0.3, -0.25) is 9.10 Å². The summed E-state index contributed by atoms with van der Waals surface area (Å²) in [4.78, 5) is 12.5. The van der Waals surface area contributed by atoms with E-state index in [1.165, 1.54) is 13.0 Å². The molecular formula is C19H23ClN2O5S. The summed E-state index contributed by atoms with van der Waals surface area (Å²) in [6.45, 7) is 1.98. The predicted octanol–water partition coefficient (Wildman–Crippen LogP) is 2.70. The van der Waals surface area contributed by atoms with E-state index < -0.39 is 22.0 Å². The fraction of sp³-hybridized carbons (Fsp3) is 0.316. The molecule has 7 nitrogen and oxygen atoms in total. The van der Waals surface area contributed by atoms with Crippen molar-refractivity contribution in [3.63, 3.8) is 0 Å². The summed E-state index contributed by atoms with van der Waals surface area (Å²) in [6, 6.07) is 12.4. The summed E-state index contributed by atoms with van der Waals surface area (Å²) in [6.07, 6.45) is 1.05. The minimum Gasteiger partial charge on any atom is -0.497 e. The van der Waals surface area contributed by atoms with E-state index in [0.29, 0.717) is 16.5 Å². The first-order chi connectivity index (χ1) is 13.2. The number of benzene rings is 2. The Labute approximate surface area is 170 Å². The van der Waals surface area contributed by atoms with Crippen molar-refractivity contribution >= 4 is 33.2 Å². The number of nitrogens with zero attached hydrogens (tertiary/aromatic N) is 1. The molecule has 0 unspecified atom stereocenters. The third kappa shape index (κ3) is 6.03. The number of anilines is 1. The maximum atomic E-state index is 12.5. The average molecular weight is 427 g/mol. The van der Waals surface area contributed by atoms with Crippen LogP contribution in [0, 0.1) is 0 Å². The van der Waals surface area contributed by atoms with Gasteiger partial charge < -0.3 is 14.8 Å². The summed E-state index contributed by atoms with van der Waals surface area (Å²) in [7, 11) is -2.11. The van der Waals surface area contributed by atoms with Gasteiger partial charge in [-0.1, -0.05) is 17.7 Å². The van der Waals surface area contributed by atoms with E-state index in [1.54, 1.807) is 49.6 Å². The van der Waals surface area contributed by atoms with Crippen LogP contribution in [0.2, 0.25) is 5.02 Å². The van der Waals surface area contributed by atoms with E-state index in [9.17, 15) is 13.2 Å². The Morgan fingerprint density at radius 1 is 1.18 bits per heavy atom. The second-order valence-electron chi connectivity index (χ2n) is 6.03. The number of amides is 1. The van der Waals surface area contributed by atoms with Gasteiger partial charge in [0.15, 0.2) is 0 Å². The van der Waals surface area contributed by atoms with Gasteiger partial charge in [0, 0.05) is 5.02 Å². The highest BCUT2D eigenvalue weighted by Gasteiger charge is 2.29. The van der Waals surface area contributed by atoms with Crippen LogP contribution in [0.1, 0.15) is 6.92 Å². The molecule has 0 aliphatic rings. The molecule has 0 fully saturated rings. The van der Waals surface area contributed by atoms with E-state index >= 15 is 0 Å². The van der Waals surface area contributed by atoms with Crippen LogP contribution in [0.4, 0.5) is 5.69 Å². The lowest BCUT2D eigenvalue weighted by atomic mass is 10.2. The maximum Gasteiger partial charge on any atom is 0.243 e. The quantitative estimate of drug-likeness (QED) is 0.623. The second kappa shape index (κ2) is 9.66. The summed E-state index contributed by atoms with van der Waals surface area (Å²) >= 11 is 5.96. The second-order valence-corrected chi connectivity index (χ2v) is 8.33. The van der Waals surface area contributed by atoms with Gasteiger partial charge in [0.05, 0.1) is 25.6 Å². The molecule has 9 heteroatoms. The van der Waals surface area contributed by atoms with Crippen LogP contribution in [-0.2, 0) is 14.8 Å². The minimum absolute atomic E-state index is 0.225. The number of hydrogen-bond acceptors (Lipinski definition) is 5. The zero-order valence-electron chi connectivity index (χ0n) is 15.9. The number of methoxy groups -OCH3 is 1. The lowest BCUT2D eigenvalue weighted by Crippen LogP contribution is -2.48. The summed E-state index contributed by atoms with van der Waals surface area (Å²) in [5, 5.41) is 3.07. The molecule has 0 aliphatic carbocycles. The zero-order chi connectivity index (χ0) is 20.7. The molecular weight excluding hydrogens is 404 g/mol. The van der Waals surface area contributed by atoms with E-state index in [-0.39, 0.29) is 13.2 Å². The number of carbonyl (C=O) groups excluding carboxylic acids is 1. The van der Waals surface area contributed by atoms with Gasteiger partial charge in [-0.25, -0.2) is 8.42 Å². The first kappa shape index (κ1) is 21.8. The third-order valence-electron chi connectivity index (χ3n) is 3.88. The van der Waals surface area contributed by atoms with Gasteiger partial charge in [0.2, 0.25) is 15.9 Å². The summed E-state index contributed by atoms with van der Waals surface area (Å²) in [5.74, 6) is 0.917. The van der Waals surface area contributed by atoms with E-state index in [0.717, 1.165) is 16.3 Å². The Bertz CT molecular complexity index is 903. The Morgan fingerprint density at radius 3 is 2.39 bits per heavy atom. The smallest absolute Gasteiger partial charge is 0.243 e. The average Bonchev–Trinajstić information content (AvgIpc) is 2.64. The van der Waals surface area contributed by atoms with Gasteiger partial charge in [-0.2, -0.15) is 0 Å². The largest absolute Gasteiger partial charge is 0.497 e. The number of carbonyl (C=O) groups is 1. The van der Waals surface area contributed by atoms with Gasteiger partial charge >= 0.3 is 0 Å². The van der Waals surface area contributed by atoms with Crippen LogP contribution in [0.3, 0.4) is 0 Å². The molecule has 0 aliphatic heterocycles. The van der Waals surface area contributed by atoms with Crippen LogP contribution in [0.15, 0.2) is 48.5 Å².